The van der Waals surface area contributed by atoms with Crippen LogP contribution in [-0.2, 0) is 0 Å². The van der Waals surface area contributed by atoms with Gasteiger partial charge in [-0.2, -0.15) is 0 Å². The molecule has 74 valence electrons. The zero-order chi connectivity index (χ0) is 9.97. The maximum absolute atomic E-state index is 5.71. The van der Waals surface area contributed by atoms with E-state index in [2.05, 4.69) is 29.1 Å². The van der Waals surface area contributed by atoms with Crippen LogP contribution in [-0.4, -0.2) is 24.5 Å². The molecule has 1 aromatic carbocycles. The lowest BCUT2D eigenvalue weighted by molar-refractivity contribution is 0.979. The molecular formula is C11H13ClN2. The number of H-pyrrole nitrogens is 1. The zero-order valence-corrected chi connectivity index (χ0v) is 8.88. The number of alkyl halides is 1. The molecule has 1 N–H and O–H groups in total. The lowest BCUT2D eigenvalue weighted by Crippen LogP contribution is -2.18. The van der Waals surface area contributed by atoms with Gasteiger partial charge in [0.25, 0.3) is 0 Å². The second-order valence-electron chi connectivity index (χ2n) is 3.33. The number of nitrogens with zero attached hydrogens (tertiary/aromatic N) is 1. The van der Waals surface area contributed by atoms with Gasteiger partial charge in [0.15, 0.2) is 0 Å². The molecule has 0 fully saturated rings. The number of aromatic nitrogens is 1. The summed E-state index contributed by atoms with van der Waals surface area (Å²) >= 11 is 5.71. The summed E-state index contributed by atoms with van der Waals surface area (Å²) in [6.45, 7) is 0.864. The summed E-state index contributed by atoms with van der Waals surface area (Å²) in [4.78, 5) is 5.40. The number of aromatic amines is 1. The van der Waals surface area contributed by atoms with E-state index in [0.717, 1.165) is 6.54 Å². The van der Waals surface area contributed by atoms with Crippen molar-refractivity contribution in [1.29, 1.82) is 0 Å². The number of hydrogen-bond acceptors (Lipinski definition) is 1. The van der Waals surface area contributed by atoms with Gasteiger partial charge in [0.1, 0.15) is 0 Å². The molecule has 0 saturated heterocycles. The Morgan fingerprint density at radius 1 is 1.36 bits per heavy atom. The van der Waals surface area contributed by atoms with Crippen molar-refractivity contribution >= 4 is 28.2 Å². The summed E-state index contributed by atoms with van der Waals surface area (Å²) in [7, 11) is 2.05. The first kappa shape index (κ1) is 9.41. The van der Waals surface area contributed by atoms with Crippen LogP contribution in [0.3, 0.4) is 0 Å². The monoisotopic (exact) mass is 208 g/mol. The Hall–Kier alpha value is -1.15. The highest BCUT2D eigenvalue weighted by atomic mass is 35.5. The minimum Gasteiger partial charge on any atom is -0.372 e. The van der Waals surface area contributed by atoms with Crippen molar-refractivity contribution in [3.8, 4) is 0 Å². The smallest absolute Gasteiger partial charge is 0.0621 e. The minimum atomic E-state index is 0.649. The SMILES string of the molecule is CN(CCCl)c1c[nH]c2ccccc12. The van der Waals surface area contributed by atoms with Crippen molar-refractivity contribution in [1.82, 2.24) is 4.98 Å². The highest BCUT2D eigenvalue weighted by Crippen LogP contribution is 2.25. The van der Waals surface area contributed by atoms with Gasteiger partial charge in [-0.1, -0.05) is 18.2 Å². The first-order valence-electron chi connectivity index (χ1n) is 4.66. The van der Waals surface area contributed by atoms with Crippen molar-refractivity contribution in [2.75, 3.05) is 24.4 Å². The number of nitrogens with one attached hydrogen (secondary N) is 1. The third-order valence-corrected chi connectivity index (χ3v) is 2.57. The third kappa shape index (κ3) is 1.58. The van der Waals surface area contributed by atoms with Crippen molar-refractivity contribution in [2.24, 2.45) is 0 Å². The van der Waals surface area contributed by atoms with Gasteiger partial charge >= 0.3 is 0 Å². The fraction of sp³-hybridized carbons (Fsp3) is 0.273. The van der Waals surface area contributed by atoms with E-state index >= 15 is 0 Å². The van der Waals surface area contributed by atoms with Crippen LogP contribution in [0.5, 0.6) is 0 Å². The van der Waals surface area contributed by atoms with Crippen LogP contribution < -0.4 is 4.90 Å². The first-order chi connectivity index (χ1) is 6.83. The maximum atomic E-state index is 5.71. The standard InChI is InChI=1S/C11H13ClN2/c1-14(7-6-12)11-8-13-10-5-3-2-4-9(10)11/h2-5,8,13H,6-7H2,1H3. The van der Waals surface area contributed by atoms with E-state index in [1.54, 1.807) is 0 Å². The molecule has 0 spiro atoms. The Kier molecular flexibility index (Phi) is 2.64. The van der Waals surface area contributed by atoms with E-state index in [4.69, 9.17) is 11.6 Å². The predicted octanol–water partition coefficient (Wildman–Crippen LogP) is 2.84. The number of halogens is 1. The molecule has 14 heavy (non-hydrogen) atoms. The van der Waals surface area contributed by atoms with E-state index < -0.39 is 0 Å². The Balaban J connectivity index is 2.42. The third-order valence-electron chi connectivity index (χ3n) is 2.40. The highest BCUT2D eigenvalue weighted by Gasteiger charge is 2.06. The Bertz CT molecular complexity index is 422. The van der Waals surface area contributed by atoms with Crippen LogP contribution in [0.2, 0.25) is 0 Å². The normalized spacial score (nSPS) is 10.7. The van der Waals surface area contributed by atoms with E-state index in [-0.39, 0.29) is 0 Å². The van der Waals surface area contributed by atoms with Crippen LogP contribution in [0, 0.1) is 0 Å². The van der Waals surface area contributed by atoms with E-state index in [9.17, 15) is 0 Å². The number of fused-ring (bicyclic) bond motifs is 1. The molecule has 1 heterocycles. The Labute approximate surface area is 88.5 Å². The molecule has 0 aliphatic carbocycles. The molecule has 0 saturated carbocycles. The fourth-order valence-electron chi connectivity index (χ4n) is 1.62. The van der Waals surface area contributed by atoms with Gasteiger partial charge in [-0.3, -0.25) is 0 Å². The number of para-hydroxylation sites is 1. The van der Waals surface area contributed by atoms with Crippen LogP contribution in [0.4, 0.5) is 5.69 Å². The summed E-state index contributed by atoms with van der Waals surface area (Å²) in [5, 5.41) is 1.25. The molecule has 0 aliphatic heterocycles. The average Bonchev–Trinajstić information content (AvgIpc) is 2.61. The molecule has 0 atom stereocenters. The topological polar surface area (TPSA) is 19.0 Å². The molecule has 2 rings (SSSR count). The first-order valence-corrected chi connectivity index (χ1v) is 5.19. The zero-order valence-electron chi connectivity index (χ0n) is 8.13. The Morgan fingerprint density at radius 3 is 2.93 bits per heavy atom. The van der Waals surface area contributed by atoms with E-state index in [0.29, 0.717) is 5.88 Å². The predicted molar refractivity (Wildman–Crippen MR) is 62.3 cm³/mol. The molecule has 2 nitrogen and oxygen atoms in total. The maximum Gasteiger partial charge on any atom is 0.0621 e. The van der Waals surface area contributed by atoms with Crippen molar-refractivity contribution in [2.45, 2.75) is 0 Å². The largest absolute Gasteiger partial charge is 0.372 e. The van der Waals surface area contributed by atoms with Gasteiger partial charge < -0.3 is 9.88 Å². The summed E-state index contributed by atoms with van der Waals surface area (Å²) in [5.74, 6) is 0.649. The molecule has 1 aromatic heterocycles. The summed E-state index contributed by atoms with van der Waals surface area (Å²) in [6.07, 6.45) is 2.03. The Morgan fingerprint density at radius 2 is 2.14 bits per heavy atom. The second kappa shape index (κ2) is 3.93. The summed E-state index contributed by atoms with van der Waals surface area (Å²) in [5.41, 5.74) is 2.38. The molecule has 3 heteroatoms. The van der Waals surface area contributed by atoms with Crippen molar-refractivity contribution in [3.05, 3.63) is 30.5 Å². The second-order valence-corrected chi connectivity index (χ2v) is 3.71. The summed E-state index contributed by atoms with van der Waals surface area (Å²) in [6, 6.07) is 8.28. The van der Waals surface area contributed by atoms with Crippen molar-refractivity contribution < 1.29 is 0 Å². The van der Waals surface area contributed by atoms with Crippen LogP contribution >= 0.6 is 11.6 Å². The molecule has 0 unspecified atom stereocenters. The average molecular weight is 209 g/mol. The molecule has 2 aromatic rings. The number of benzene rings is 1. The van der Waals surface area contributed by atoms with Crippen molar-refractivity contribution in [3.63, 3.8) is 0 Å². The van der Waals surface area contributed by atoms with Gasteiger partial charge in [-0.05, 0) is 6.07 Å². The molecule has 0 aliphatic rings. The number of hydrogen-bond donors (Lipinski definition) is 1. The lowest BCUT2D eigenvalue weighted by atomic mass is 10.2. The fourth-order valence-corrected chi connectivity index (χ4v) is 1.87. The van der Waals surface area contributed by atoms with Crippen LogP contribution in [0.25, 0.3) is 10.9 Å². The summed E-state index contributed by atoms with van der Waals surface area (Å²) < 4.78 is 0. The van der Waals surface area contributed by atoms with Gasteiger partial charge in [0, 0.05) is 36.6 Å². The van der Waals surface area contributed by atoms with E-state index in [1.165, 1.54) is 16.6 Å². The quantitative estimate of drug-likeness (QED) is 0.769. The van der Waals surface area contributed by atoms with Gasteiger partial charge in [0.2, 0.25) is 0 Å². The van der Waals surface area contributed by atoms with Gasteiger partial charge in [-0.15, -0.1) is 11.6 Å². The van der Waals surface area contributed by atoms with Gasteiger partial charge in [-0.25, -0.2) is 0 Å². The minimum absolute atomic E-state index is 0.649. The molecular weight excluding hydrogens is 196 g/mol. The lowest BCUT2D eigenvalue weighted by Gasteiger charge is -2.16. The number of anilines is 1. The van der Waals surface area contributed by atoms with Crippen LogP contribution in [0.15, 0.2) is 30.5 Å². The molecule has 0 radical (unpaired) electrons. The highest BCUT2D eigenvalue weighted by molar-refractivity contribution is 6.18. The number of rotatable bonds is 3. The van der Waals surface area contributed by atoms with Crippen LogP contribution in [0.1, 0.15) is 0 Å². The molecule has 0 amide bonds. The van der Waals surface area contributed by atoms with Gasteiger partial charge in [0.05, 0.1) is 5.69 Å². The molecule has 0 bridgehead atoms. The van der Waals surface area contributed by atoms with E-state index in [1.807, 2.05) is 18.3 Å².